The van der Waals surface area contributed by atoms with E-state index < -0.39 is 5.97 Å². The summed E-state index contributed by atoms with van der Waals surface area (Å²) in [6.45, 7) is 2.32. The van der Waals surface area contributed by atoms with Crippen molar-refractivity contribution in [2.45, 2.75) is 13.5 Å². The van der Waals surface area contributed by atoms with Crippen LogP contribution in [0.5, 0.6) is 5.75 Å². The number of benzene rings is 1. The number of aliphatic carboxylic acids is 1. The van der Waals surface area contributed by atoms with E-state index in [1.807, 2.05) is 36.6 Å². The third-order valence-corrected chi connectivity index (χ3v) is 3.84. The quantitative estimate of drug-likeness (QED) is 0.833. The summed E-state index contributed by atoms with van der Waals surface area (Å²) in [6.07, 6.45) is 2.68. The lowest BCUT2D eigenvalue weighted by Crippen LogP contribution is -1.95. The first kappa shape index (κ1) is 14.6. The van der Waals surface area contributed by atoms with E-state index >= 15 is 0 Å². The van der Waals surface area contributed by atoms with Gasteiger partial charge in [0.1, 0.15) is 12.4 Å². The largest absolute Gasteiger partial charge is 0.486 e. The molecule has 1 N–H and O–H groups in total. The molecule has 0 fully saturated rings. The molecule has 0 aliphatic heterocycles. The number of thiophene rings is 1. The van der Waals surface area contributed by atoms with E-state index in [0.717, 1.165) is 22.1 Å². The molecule has 0 aliphatic rings. The molecule has 0 aliphatic carbocycles. The van der Waals surface area contributed by atoms with Gasteiger partial charge in [-0.15, -0.1) is 11.3 Å². The smallest absolute Gasteiger partial charge is 0.328 e. The molecule has 2 rings (SSSR count). The Labute approximate surface area is 126 Å². The van der Waals surface area contributed by atoms with Crippen LogP contribution in [0.1, 0.15) is 16.0 Å². The highest BCUT2D eigenvalue weighted by atomic mass is 35.5. The molecule has 2 aromatic rings. The van der Waals surface area contributed by atoms with Gasteiger partial charge < -0.3 is 9.84 Å². The van der Waals surface area contributed by atoms with Crippen LogP contribution in [0.2, 0.25) is 5.02 Å². The summed E-state index contributed by atoms with van der Waals surface area (Å²) in [5.41, 5.74) is 1.92. The standard InChI is InChI=1S/C15H13ClO3S/c1-10-2-4-13(12(16)8-10)19-9-14-11(6-7-20-14)3-5-15(17)18/h2-8H,9H2,1H3,(H,17,18). The Bertz CT molecular complexity index is 646. The molecular formula is C15H13ClO3S. The van der Waals surface area contributed by atoms with Crippen molar-refractivity contribution in [3.8, 4) is 5.75 Å². The average Bonchev–Trinajstić information content (AvgIpc) is 2.83. The summed E-state index contributed by atoms with van der Waals surface area (Å²) in [7, 11) is 0. The molecule has 3 nitrogen and oxygen atoms in total. The van der Waals surface area contributed by atoms with E-state index in [-0.39, 0.29) is 0 Å². The number of carboxylic acid groups (broad SMARTS) is 1. The zero-order valence-corrected chi connectivity index (χ0v) is 12.4. The highest BCUT2D eigenvalue weighted by Gasteiger charge is 2.06. The zero-order chi connectivity index (χ0) is 14.5. The van der Waals surface area contributed by atoms with Crippen LogP contribution >= 0.6 is 22.9 Å². The third-order valence-electron chi connectivity index (χ3n) is 2.63. The molecule has 0 amide bonds. The van der Waals surface area contributed by atoms with Crippen molar-refractivity contribution in [1.29, 1.82) is 0 Å². The molecule has 0 unspecified atom stereocenters. The van der Waals surface area contributed by atoms with Gasteiger partial charge in [0.2, 0.25) is 0 Å². The van der Waals surface area contributed by atoms with Crippen molar-refractivity contribution in [2.75, 3.05) is 0 Å². The third kappa shape index (κ3) is 3.85. The molecule has 0 saturated heterocycles. The zero-order valence-electron chi connectivity index (χ0n) is 10.8. The normalized spacial score (nSPS) is 10.9. The first-order valence-electron chi connectivity index (χ1n) is 5.92. The number of carboxylic acids is 1. The van der Waals surface area contributed by atoms with Crippen LogP contribution in [0, 0.1) is 6.92 Å². The van der Waals surface area contributed by atoms with Gasteiger partial charge in [-0.1, -0.05) is 17.7 Å². The van der Waals surface area contributed by atoms with Gasteiger partial charge in [0.05, 0.1) is 5.02 Å². The number of ether oxygens (including phenoxy) is 1. The summed E-state index contributed by atoms with van der Waals surface area (Å²) in [6, 6.07) is 7.47. The molecule has 1 heterocycles. The minimum atomic E-state index is -0.968. The van der Waals surface area contributed by atoms with Gasteiger partial charge in [-0.3, -0.25) is 0 Å². The Morgan fingerprint density at radius 2 is 2.25 bits per heavy atom. The highest BCUT2D eigenvalue weighted by molar-refractivity contribution is 7.10. The number of halogens is 1. The number of hydrogen-bond donors (Lipinski definition) is 1. The molecule has 0 atom stereocenters. The minimum absolute atomic E-state index is 0.361. The van der Waals surface area contributed by atoms with Crippen molar-refractivity contribution < 1.29 is 14.6 Å². The van der Waals surface area contributed by atoms with E-state index in [9.17, 15) is 4.79 Å². The predicted octanol–water partition coefficient (Wildman–Crippen LogP) is 4.39. The maximum atomic E-state index is 10.5. The van der Waals surface area contributed by atoms with Crippen LogP contribution < -0.4 is 4.74 Å². The average molecular weight is 309 g/mol. The number of hydrogen-bond acceptors (Lipinski definition) is 3. The fraction of sp³-hybridized carbons (Fsp3) is 0.133. The van der Waals surface area contributed by atoms with Crippen LogP contribution in [-0.4, -0.2) is 11.1 Å². The second-order valence-electron chi connectivity index (χ2n) is 4.19. The molecule has 104 valence electrons. The van der Waals surface area contributed by atoms with Crippen LogP contribution in [0.15, 0.2) is 35.7 Å². The van der Waals surface area contributed by atoms with Crippen LogP contribution in [0.25, 0.3) is 6.08 Å². The SMILES string of the molecule is Cc1ccc(OCc2sccc2C=CC(=O)O)c(Cl)c1. The van der Waals surface area contributed by atoms with Gasteiger partial charge in [0.25, 0.3) is 0 Å². The summed E-state index contributed by atoms with van der Waals surface area (Å²) < 4.78 is 5.68. The van der Waals surface area contributed by atoms with Crippen molar-refractivity contribution in [2.24, 2.45) is 0 Å². The van der Waals surface area contributed by atoms with Gasteiger partial charge in [0.15, 0.2) is 0 Å². The fourth-order valence-corrected chi connectivity index (χ4v) is 2.71. The Morgan fingerprint density at radius 1 is 1.45 bits per heavy atom. The molecule has 0 radical (unpaired) electrons. The summed E-state index contributed by atoms with van der Waals surface area (Å²) in [5, 5.41) is 11.1. The first-order chi connectivity index (χ1) is 9.56. The molecule has 20 heavy (non-hydrogen) atoms. The topological polar surface area (TPSA) is 46.5 Å². The van der Waals surface area contributed by atoms with Crippen LogP contribution in [-0.2, 0) is 11.4 Å². The molecule has 1 aromatic carbocycles. The molecule has 0 spiro atoms. The molecule has 5 heteroatoms. The molecule has 1 aromatic heterocycles. The molecular weight excluding hydrogens is 296 g/mol. The van der Waals surface area contributed by atoms with Gasteiger partial charge in [-0.2, -0.15) is 0 Å². The molecule has 0 saturated carbocycles. The number of rotatable bonds is 5. The van der Waals surface area contributed by atoms with E-state index in [2.05, 4.69) is 0 Å². The van der Waals surface area contributed by atoms with Gasteiger partial charge in [0, 0.05) is 11.0 Å². The van der Waals surface area contributed by atoms with Gasteiger partial charge in [-0.25, -0.2) is 4.79 Å². The van der Waals surface area contributed by atoms with Gasteiger partial charge in [-0.05, 0) is 47.7 Å². The highest BCUT2D eigenvalue weighted by Crippen LogP contribution is 2.27. The number of aryl methyl sites for hydroxylation is 1. The Morgan fingerprint density at radius 3 is 2.95 bits per heavy atom. The van der Waals surface area contributed by atoms with Crippen molar-refractivity contribution in [1.82, 2.24) is 0 Å². The second-order valence-corrected chi connectivity index (χ2v) is 5.60. The number of carbonyl (C=O) groups is 1. The van der Waals surface area contributed by atoms with Crippen molar-refractivity contribution in [3.05, 3.63) is 56.7 Å². The lowest BCUT2D eigenvalue weighted by molar-refractivity contribution is -0.131. The van der Waals surface area contributed by atoms with E-state index in [1.165, 1.54) is 11.3 Å². The minimum Gasteiger partial charge on any atom is -0.486 e. The van der Waals surface area contributed by atoms with Crippen LogP contribution in [0.4, 0.5) is 0 Å². The summed E-state index contributed by atoms with van der Waals surface area (Å²) in [5.74, 6) is -0.344. The predicted molar refractivity (Wildman–Crippen MR) is 81.5 cm³/mol. The van der Waals surface area contributed by atoms with E-state index in [4.69, 9.17) is 21.4 Å². The monoisotopic (exact) mass is 308 g/mol. The summed E-state index contributed by atoms with van der Waals surface area (Å²) >= 11 is 7.62. The van der Waals surface area contributed by atoms with Crippen molar-refractivity contribution in [3.63, 3.8) is 0 Å². The Kier molecular flexibility index (Phi) is 4.82. The van der Waals surface area contributed by atoms with E-state index in [0.29, 0.717) is 17.4 Å². The summed E-state index contributed by atoms with van der Waals surface area (Å²) in [4.78, 5) is 11.5. The second kappa shape index (κ2) is 6.59. The Hall–Kier alpha value is -1.78. The van der Waals surface area contributed by atoms with Crippen molar-refractivity contribution >= 4 is 35.0 Å². The maximum Gasteiger partial charge on any atom is 0.328 e. The first-order valence-corrected chi connectivity index (χ1v) is 7.18. The lowest BCUT2D eigenvalue weighted by atomic mass is 10.2. The van der Waals surface area contributed by atoms with Gasteiger partial charge >= 0.3 is 5.97 Å². The lowest BCUT2D eigenvalue weighted by Gasteiger charge is -2.08. The van der Waals surface area contributed by atoms with E-state index in [1.54, 1.807) is 6.08 Å². The fourth-order valence-electron chi connectivity index (χ4n) is 1.64. The maximum absolute atomic E-state index is 10.5. The Balaban J connectivity index is 2.08. The molecule has 0 bridgehead atoms. The van der Waals surface area contributed by atoms with Crippen LogP contribution in [0.3, 0.4) is 0 Å².